The standard InChI is InChI=1S/C14H13N/c1-12-8-6-7-11-14(12)15-13-9-4-2-3-5-10-13/h2,4,6-9,11,15H,10H2,1H3. The minimum absolute atomic E-state index is 0.779. The normalized spacial score (nSPS) is 13.5. The van der Waals surface area contributed by atoms with E-state index in [9.17, 15) is 0 Å². The van der Waals surface area contributed by atoms with E-state index in [1.54, 1.807) is 0 Å². The summed E-state index contributed by atoms with van der Waals surface area (Å²) in [5.41, 5.74) is 3.55. The monoisotopic (exact) mass is 195 g/mol. The molecule has 15 heavy (non-hydrogen) atoms. The van der Waals surface area contributed by atoms with Gasteiger partial charge in [0.2, 0.25) is 0 Å². The summed E-state index contributed by atoms with van der Waals surface area (Å²) in [4.78, 5) is 0. The zero-order chi connectivity index (χ0) is 10.5. The van der Waals surface area contributed by atoms with Crippen molar-refractivity contribution < 1.29 is 0 Å². The first-order valence-corrected chi connectivity index (χ1v) is 5.03. The molecule has 0 saturated carbocycles. The van der Waals surface area contributed by atoms with E-state index in [1.807, 2.05) is 24.3 Å². The van der Waals surface area contributed by atoms with E-state index in [-0.39, 0.29) is 0 Å². The first kappa shape index (κ1) is 9.61. The molecule has 74 valence electrons. The molecule has 1 heteroatoms. The zero-order valence-electron chi connectivity index (χ0n) is 8.75. The van der Waals surface area contributed by atoms with Crippen molar-refractivity contribution in [3.8, 4) is 11.8 Å². The Labute approximate surface area is 90.5 Å². The van der Waals surface area contributed by atoms with Crippen molar-refractivity contribution in [1.29, 1.82) is 0 Å². The Kier molecular flexibility index (Phi) is 2.90. The number of hydrogen-bond acceptors (Lipinski definition) is 1. The fraction of sp³-hybridized carbons (Fsp3) is 0.143. The molecular formula is C14H13N. The summed E-state index contributed by atoms with van der Waals surface area (Å²) in [6, 6.07) is 8.26. The molecule has 1 aliphatic carbocycles. The Morgan fingerprint density at radius 2 is 2.13 bits per heavy atom. The van der Waals surface area contributed by atoms with Crippen molar-refractivity contribution >= 4 is 5.69 Å². The molecule has 0 aliphatic heterocycles. The zero-order valence-corrected chi connectivity index (χ0v) is 8.75. The van der Waals surface area contributed by atoms with Gasteiger partial charge in [-0.25, -0.2) is 0 Å². The molecule has 0 heterocycles. The van der Waals surface area contributed by atoms with Crippen LogP contribution in [0.1, 0.15) is 12.0 Å². The lowest BCUT2D eigenvalue weighted by Gasteiger charge is -2.10. The Bertz CT molecular complexity index is 470. The van der Waals surface area contributed by atoms with Gasteiger partial charge in [0.05, 0.1) is 0 Å². The predicted molar refractivity (Wildman–Crippen MR) is 64.4 cm³/mol. The Balaban J connectivity index is 2.17. The van der Waals surface area contributed by atoms with Crippen LogP contribution < -0.4 is 5.32 Å². The first-order valence-electron chi connectivity index (χ1n) is 5.03. The van der Waals surface area contributed by atoms with Gasteiger partial charge in [-0.15, -0.1) is 0 Å². The minimum Gasteiger partial charge on any atom is -0.358 e. The van der Waals surface area contributed by atoms with Gasteiger partial charge in [0.15, 0.2) is 0 Å². The number of aryl methyl sites for hydroxylation is 1. The van der Waals surface area contributed by atoms with Crippen LogP contribution in [0, 0.1) is 18.8 Å². The van der Waals surface area contributed by atoms with Gasteiger partial charge in [0.1, 0.15) is 0 Å². The third-order valence-electron chi connectivity index (χ3n) is 2.30. The van der Waals surface area contributed by atoms with E-state index >= 15 is 0 Å². The largest absolute Gasteiger partial charge is 0.358 e. The van der Waals surface area contributed by atoms with E-state index in [1.165, 1.54) is 5.56 Å². The summed E-state index contributed by atoms with van der Waals surface area (Å²) in [5, 5.41) is 3.40. The topological polar surface area (TPSA) is 12.0 Å². The highest BCUT2D eigenvalue weighted by Gasteiger charge is 1.99. The van der Waals surface area contributed by atoms with Crippen molar-refractivity contribution in [2.75, 3.05) is 5.32 Å². The van der Waals surface area contributed by atoms with Crippen LogP contribution in [0.15, 0.2) is 48.2 Å². The average Bonchev–Trinajstić information content (AvgIpc) is 2.50. The SMILES string of the molecule is Cc1ccccc1NC1=CC=CC#CC1. The maximum Gasteiger partial charge on any atom is 0.0495 e. The van der Waals surface area contributed by atoms with Gasteiger partial charge in [-0.1, -0.05) is 36.1 Å². The van der Waals surface area contributed by atoms with Crippen molar-refractivity contribution in [1.82, 2.24) is 0 Å². The van der Waals surface area contributed by atoms with E-state index < -0.39 is 0 Å². The third-order valence-corrected chi connectivity index (χ3v) is 2.30. The molecule has 1 aromatic carbocycles. The molecule has 0 radical (unpaired) electrons. The number of anilines is 1. The van der Waals surface area contributed by atoms with E-state index in [2.05, 4.69) is 42.3 Å². The lowest BCUT2D eigenvalue weighted by Crippen LogP contribution is -1.99. The Hall–Kier alpha value is -1.94. The van der Waals surface area contributed by atoms with Crippen LogP contribution in [0.5, 0.6) is 0 Å². The molecule has 2 rings (SSSR count). The molecule has 1 aromatic rings. The maximum atomic E-state index is 3.40. The van der Waals surface area contributed by atoms with Crippen LogP contribution >= 0.6 is 0 Å². The smallest absolute Gasteiger partial charge is 0.0495 e. The van der Waals surface area contributed by atoms with Crippen molar-refractivity contribution in [3.63, 3.8) is 0 Å². The van der Waals surface area contributed by atoms with Crippen molar-refractivity contribution in [3.05, 3.63) is 53.8 Å². The highest BCUT2D eigenvalue weighted by Crippen LogP contribution is 2.17. The third kappa shape index (κ3) is 2.51. The summed E-state index contributed by atoms with van der Waals surface area (Å²) in [6.07, 6.45) is 6.67. The highest BCUT2D eigenvalue weighted by molar-refractivity contribution is 5.55. The predicted octanol–water partition coefficient (Wildman–Crippen LogP) is 3.25. The fourth-order valence-corrected chi connectivity index (χ4v) is 1.45. The van der Waals surface area contributed by atoms with Gasteiger partial charge < -0.3 is 5.32 Å². The quantitative estimate of drug-likeness (QED) is 0.714. The molecule has 0 atom stereocenters. The molecule has 0 aromatic heterocycles. The molecule has 1 nitrogen and oxygen atoms in total. The van der Waals surface area contributed by atoms with Crippen molar-refractivity contribution in [2.24, 2.45) is 0 Å². The molecule has 1 N–H and O–H groups in total. The number of rotatable bonds is 2. The fourth-order valence-electron chi connectivity index (χ4n) is 1.45. The number of benzene rings is 1. The average molecular weight is 195 g/mol. The molecule has 1 aliphatic rings. The van der Waals surface area contributed by atoms with Crippen molar-refractivity contribution in [2.45, 2.75) is 13.3 Å². The molecular weight excluding hydrogens is 182 g/mol. The van der Waals surface area contributed by atoms with Gasteiger partial charge in [-0.05, 0) is 30.7 Å². The van der Waals surface area contributed by atoms with Crippen LogP contribution in [-0.4, -0.2) is 0 Å². The molecule has 0 amide bonds. The van der Waals surface area contributed by atoms with E-state index in [4.69, 9.17) is 0 Å². The highest BCUT2D eigenvalue weighted by atomic mass is 14.9. The number of para-hydroxylation sites is 1. The lowest BCUT2D eigenvalue weighted by atomic mass is 10.2. The second-order valence-electron chi connectivity index (χ2n) is 3.49. The minimum atomic E-state index is 0.779. The molecule has 0 bridgehead atoms. The number of hydrogen-bond donors (Lipinski definition) is 1. The van der Waals surface area contributed by atoms with Gasteiger partial charge in [0.25, 0.3) is 0 Å². The van der Waals surface area contributed by atoms with E-state index in [0.717, 1.165) is 17.8 Å². The lowest BCUT2D eigenvalue weighted by molar-refractivity contribution is 1.24. The molecule has 0 saturated heterocycles. The van der Waals surface area contributed by atoms with Crippen LogP contribution in [0.3, 0.4) is 0 Å². The summed E-state index contributed by atoms with van der Waals surface area (Å²) in [5.74, 6) is 6.02. The first-order chi connectivity index (χ1) is 7.36. The van der Waals surface area contributed by atoms with Crippen LogP contribution in [-0.2, 0) is 0 Å². The Morgan fingerprint density at radius 3 is 3.00 bits per heavy atom. The summed E-state index contributed by atoms with van der Waals surface area (Å²) >= 11 is 0. The summed E-state index contributed by atoms with van der Waals surface area (Å²) < 4.78 is 0. The molecule has 0 spiro atoms. The van der Waals surface area contributed by atoms with Gasteiger partial charge in [-0.3, -0.25) is 0 Å². The van der Waals surface area contributed by atoms with Crippen LogP contribution in [0.25, 0.3) is 0 Å². The molecule has 0 unspecified atom stereocenters. The van der Waals surface area contributed by atoms with Gasteiger partial charge >= 0.3 is 0 Å². The van der Waals surface area contributed by atoms with Crippen LogP contribution in [0.2, 0.25) is 0 Å². The summed E-state index contributed by atoms with van der Waals surface area (Å²) in [7, 11) is 0. The summed E-state index contributed by atoms with van der Waals surface area (Å²) in [6.45, 7) is 2.10. The van der Waals surface area contributed by atoms with E-state index in [0.29, 0.717) is 0 Å². The Morgan fingerprint density at radius 1 is 1.27 bits per heavy atom. The second-order valence-corrected chi connectivity index (χ2v) is 3.49. The van der Waals surface area contributed by atoms with Gasteiger partial charge in [0, 0.05) is 17.8 Å². The number of nitrogens with one attached hydrogen (secondary N) is 1. The van der Waals surface area contributed by atoms with Gasteiger partial charge in [-0.2, -0.15) is 0 Å². The molecule has 0 fully saturated rings. The number of allylic oxidation sites excluding steroid dienone is 4. The maximum absolute atomic E-state index is 3.40. The second kappa shape index (κ2) is 4.52. The van der Waals surface area contributed by atoms with Crippen LogP contribution in [0.4, 0.5) is 5.69 Å².